The molecule has 0 aromatic heterocycles. The fraction of sp³-hybridized carbons (Fsp3) is 1.00. The highest BCUT2D eigenvalue weighted by Crippen LogP contribution is 2.20. The Morgan fingerprint density at radius 1 is 1.11 bits per heavy atom. The van der Waals surface area contributed by atoms with Gasteiger partial charge in [-0.25, -0.2) is 0 Å². The topological polar surface area (TPSA) is 33.3 Å². The summed E-state index contributed by atoms with van der Waals surface area (Å²) in [5, 5.41) is 6.27. The second-order valence-corrected chi connectivity index (χ2v) is 4.64. The van der Waals surface area contributed by atoms with Crippen molar-refractivity contribution >= 4 is 0 Å². The number of ether oxygens (including phenoxy) is 1. The predicted molar refractivity (Wildman–Crippen MR) is 64.6 cm³/mol. The molecule has 6 heteroatoms. The van der Waals surface area contributed by atoms with Crippen molar-refractivity contribution < 1.29 is 17.9 Å². The Kier molecular flexibility index (Phi) is 7.62. The summed E-state index contributed by atoms with van der Waals surface area (Å²) >= 11 is 0. The fourth-order valence-electron chi connectivity index (χ4n) is 1.95. The molecule has 1 aliphatic heterocycles. The molecule has 0 amide bonds. The van der Waals surface area contributed by atoms with E-state index in [9.17, 15) is 13.2 Å². The van der Waals surface area contributed by atoms with Gasteiger partial charge in [0.2, 0.25) is 0 Å². The maximum Gasteiger partial charge on any atom is 0.389 e. The second-order valence-electron chi connectivity index (χ2n) is 4.64. The number of halogens is 3. The summed E-state index contributed by atoms with van der Waals surface area (Å²) in [5.41, 5.74) is 0. The van der Waals surface area contributed by atoms with Crippen LogP contribution >= 0.6 is 0 Å². The molecule has 0 aliphatic carbocycles. The van der Waals surface area contributed by atoms with Gasteiger partial charge in [-0.3, -0.25) is 0 Å². The van der Waals surface area contributed by atoms with Crippen molar-refractivity contribution in [3.63, 3.8) is 0 Å². The lowest BCUT2D eigenvalue weighted by atomic mass is 10.1. The van der Waals surface area contributed by atoms with E-state index in [1.165, 1.54) is 0 Å². The van der Waals surface area contributed by atoms with Crippen molar-refractivity contribution in [2.45, 2.75) is 44.4 Å². The Morgan fingerprint density at radius 2 is 1.78 bits per heavy atom. The number of rotatable bonds is 8. The smallest absolute Gasteiger partial charge is 0.378 e. The van der Waals surface area contributed by atoms with Crippen LogP contribution in [0, 0.1) is 0 Å². The Balaban J connectivity index is 1.81. The molecule has 0 radical (unpaired) electrons. The summed E-state index contributed by atoms with van der Waals surface area (Å²) in [6.45, 7) is 3.87. The molecule has 2 N–H and O–H groups in total. The van der Waals surface area contributed by atoms with Crippen molar-refractivity contribution in [2.24, 2.45) is 0 Å². The van der Waals surface area contributed by atoms with Crippen LogP contribution < -0.4 is 10.6 Å². The van der Waals surface area contributed by atoms with Crippen LogP contribution in [0.5, 0.6) is 0 Å². The van der Waals surface area contributed by atoms with E-state index in [4.69, 9.17) is 4.74 Å². The third-order valence-electron chi connectivity index (χ3n) is 2.95. The van der Waals surface area contributed by atoms with Gasteiger partial charge in [0.25, 0.3) is 0 Å². The van der Waals surface area contributed by atoms with E-state index in [1.807, 2.05) is 0 Å². The minimum atomic E-state index is -4.03. The molecule has 0 atom stereocenters. The van der Waals surface area contributed by atoms with Crippen molar-refractivity contribution in [2.75, 3.05) is 32.8 Å². The molecule has 0 aromatic rings. The second kappa shape index (κ2) is 8.72. The normalized spacial score (nSPS) is 18.2. The zero-order valence-electron chi connectivity index (χ0n) is 10.7. The van der Waals surface area contributed by atoms with Crippen LogP contribution in [0.1, 0.15) is 32.1 Å². The maximum atomic E-state index is 11.8. The Hall–Kier alpha value is -0.330. The van der Waals surface area contributed by atoms with E-state index in [-0.39, 0.29) is 6.42 Å². The van der Waals surface area contributed by atoms with Crippen molar-refractivity contribution in [3.8, 4) is 0 Å². The number of piperidine rings is 1. The monoisotopic (exact) mass is 268 g/mol. The van der Waals surface area contributed by atoms with Gasteiger partial charge in [0.15, 0.2) is 0 Å². The van der Waals surface area contributed by atoms with Gasteiger partial charge in [0.1, 0.15) is 0 Å². The molecule has 0 spiro atoms. The van der Waals surface area contributed by atoms with E-state index in [2.05, 4.69) is 10.6 Å². The minimum absolute atomic E-state index is 0.151. The molecule has 0 saturated carbocycles. The molecule has 1 heterocycles. The van der Waals surface area contributed by atoms with Crippen LogP contribution in [0.3, 0.4) is 0 Å². The first kappa shape index (κ1) is 15.7. The Morgan fingerprint density at radius 3 is 2.44 bits per heavy atom. The standard InChI is InChI=1S/C12H23F3N2O/c13-12(14,15)5-1-6-16-7-2-10-18-11-3-8-17-9-4-11/h11,16-17H,1-10H2. The summed E-state index contributed by atoms with van der Waals surface area (Å²) in [4.78, 5) is 0. The molecule has 1 fully saturated rings. The Bertz CT molecular complexity index is 206. The van der Waals surface area contributed by atoms with Gasteiger partial charge in [-0.15, -0.1) is 0 Å². The van der Waals surface area contributed by atoms with Crippen molar-refractivity contribution in [1.82, 2.24) is 10.6 Å². The van der Waals surface area contributed by atoms with E-state index < -0.39 is 12.6 Å². The van der Waals surface area contributed by atoms with Crippen LogP contribution in [-0.2, 0) is 4.74 Å². The van der Waals surface area contributed by atoms with Crippen LogP contribution in [0.2, 0.25) is 0 Å². The summed E-state index contributed by atoms with van der Waals surface area (Å²) in [5.74, 6) is 0. The first-order valence-electron chi connectivity index (χ1n) is 6.68. The number of nitrogens with one attached hydrogen (secondary N) is 2. The molecular weight excluding hydrogens is 245 g/mol. The van der Waals surface area contributed by atoms with Gasteiger partial charge in [-0.1, -0.05) is 0 Å². The third kappa shape index (κ3) is 8.72. The van der Waals surface area contributed by atoms with Gasteiger partial charge in [0.05, 0.1) is 6.10 Å². The lowest BCUT2D eigenvalue weighted by Gasteiger charge is -2.22. The SMILES string of the molecule is FC(F)(F)CCCNCCCOC1CCNCC1. The van der Waals surface area contributed by atoms with E-state index in [0.29, 0.717) is 19.3 Å². The van der Waals surface area contributed by atoms with Crippen LogP contribution in [0.4, 0.5) is 13.2 Å². The lowest BCUT2D eigenvalue weighted by molar-refractivity contribution is -0.135. The van der Waals surface area contributed by atoms with Gasteiger partial charge in [-0.2, -0.15) is 13.2 Å². The average Bonchev–Trinajstić information content (AvgIpc) is 2.32. The highest BCUT2D eigenvalue weighted by Gasteiger charge is 2.25. The third-order valence-corrected chi connectivity index (χ3v) is 2.95. The largest absolute Gasteiger partial charge is 0.389 e. The predicted octanol–water partition coefficient (Wildman–Crippen LogP) is 2.08. The number of hydrogen-bond donors (Lipinski definition) is 2. The number of hydrogen-bond acceptors (Lipinski definition) is 3. The van der Waals surface area contributed by atoms with Crippen LogP contribution in [0.25, 0.3) is 0 Å². The highest BCUT2D eigenvalue weighted by molar-refractivity contribution is 4.68. The first-order valence-corrected chi connectivity index (χ1v) is 6.68. The maximum absolute atomic E-state index is 11.8. The molecule has 0 bridgehead atoms. The molecule has 1 aliphatic rings. The van der Waals surface area contributed by atoms with E-state index in [1.54, 1.807) is 0 Å². The summed E-state index contributed by atoms with van der Waals surface area (Å²) in [6, 6.07) is 0. The average molecular weight is 268 g/mol. The van der Waals surface area contributed by atoms with Crippen LogP contribution in [-0.4, -0.2) is 45.1 Å². The van der Waals surface area contributed by atoms with Gasteiger partial charge < -0.3 is 15.4 Å². The minimum Gasteiger partial charge on any atom is -0.378 e. The zero-order valence-corrected chi connectivity index (χ0v) is 10.7. The molecule has 1 rings (SSSR count). The van der Waals surface area contributed by atoms with E-state index in [0.717, 1.165) is 38.9 Å². The molecule has 0 unspecified atom stereocenters. The molecule has 18 heavy (non-hydrogen) atoms. The van der Waals surface area contributed by atoms with Gasteiger partial charge >= 0.3 is 6.18 Å². The van der Waals surface area contributed by atoms with Gasteiger partial charge in [-0.05, 0) is 51.9 Å². The molecule has 0 aromatic carbocycles. The molecular formula is C12H23F3N2O. The highest BCUT2D eigenvalue weighted by atomic mass is 19.4. The summed E-state index contributed by atoms with van der Waals surface area (Å²) < 4.78 is 41.2. The summed E-state index contributed by atoms with van der Waals surface area (Å²) in [7, 11) is 0. The molecule has 3 nitrogen and oxygen atoms in total. The molecule has 108 valence electrons. The van der Waals surface area contributed by atoms with Crippen LogP contribution in [0.15, 0.2) is 0 Å². The van der Waals surface area contributed by atoms with Crippen molar-refractivity contribution in [3.05, 3.63) is 0 Å². The Labute approximate surface area is 106 Å². The van der Waals surface area contributed by atoms with Crippen molar-refractivity contribution in [1.29, 1.82) is 0 Å². The van der Waals surface area contributed by atoms with E-state index >= 15 is 0 Å². The quantitative estimate of drug-likeness (QED) is 0.661. The van der Waals surface area contributed by atoms with Gasteiger partial charge in [0, 0.05) is 13.0 Å². The fourth-order valence-corrected chi connectivity index (χ4v) is 1.95. The summed E-state index contributed by atoms with van der Waals surface area (Å²) in [6.07, 6.45) is -1.26. The lowest BCUT2D eigenvalue weighted by Crippen LogP contribution is -2.33. The zero-order chi connectivity index (χ0) is 13.3. The number of alkyl halides is 3. The first-order chi connectivity index (χ1) is 8.58. The molecule has 1 saturated heterocycles.